The van der Waals surface area contributed by atoms with Gasteiger partial charge in [0, 0.05) is 12.1 Å². The van der Waals surface area contributed by atoms with Crippen LogP contribution in [0.5, 0.6) is 0 Å². The molecule has 2 bridgehead atoms. The second-order valence-electron chi connectivity index (χ2n) is 5.56. The number of carbonyl (C=O) groups excluding carboxylic acids is 1. The summed E-state index contributed by atoms with van der Waals surface area (Å²) < 4.78 is 5.32. The monoisotopic (exact) mass is 213 g/mol. The van der Waals surface area contributed by atoms with Crippen LogP contribution < -0.4 is 0 Å². The number of fused-ring (bicyclic) bond motifs is 2. The summed E-state index contributed by atoms with van der Waals surface area (Å²) in [6.07, 6.45) is 1.98. The average Bonchev–Trinajstić information content (AvgIpc) is 1.98. The SMILES string of the molecule is CC(C)(C)OC(=O)N1C2CC(O)CC1C2. The van der Waals surface area contributed by atoms with Gasteiger partial charge in [-0.3, -0.25) is 0 Å². The molecular formula is C11H19NO3. The van der Waals surface area contributed by atoms with E-state index in [1.54, 1.807) is 4.90 Å². The number of nitrogens with zero attached hydrogens (tertiary/aromatic N) is 1. The van der Waals surface area contributed by atoms with Crippen molar-refractivity contribution in [1.82, 2.24) is 4.90 Å². The van der Waals surface area contributed by atoms with Gasteiger partial charge in [-0.1, -0.05) is 0 Å². The molecule has 1 aliphatic carbocycles. The van der Waals surface area contributed by atoms with Gasteiger partial charge in [0.1, 0.15) is 5.60 Å². The summed E-state index contributed by atoms with van der Waals surface area (Å²) in [6, 6.07) is 0.405. The van der Waals surface area contributed by atoms with Crippen LogP contribution in [0.15, 0.2) is 0 Å². The zero-order valence-corrected chi connectivity index (χ0v) is 9.56. The van der Waals surface area contributed by atoms with Gasteiger partial charge in [0.25, 0.3) is 0 Å². The van der Waals surface area contributed by atoms with E-state index in [-0.39, 0.29) is 24.3 Å². The molecule has 0 aromatic rings. The van der Waals surface area contributed by atoms with Crippen LogP contribution in [-0.4, -0.2) is 39.9 Å². The lowest BCUT2D eigenvalue weighted by atomic mass is 9.78. The molecule has 2 saturated heterocycles. The molecule has 0 radical (unpaired) electrons. The second kappa shape index (κ2) is 3.37. The fraction of sp³-hybridized carbons (Fsp3) is 0.909. The summed E-state index contributed by atoms with van der Waals surface area (Å²) in [4.78, 5) is 13.6. The highest BCUT2D eigenvalue weighted by Crippen LogP contribution is 2.39. The molecule has 86 valence electrons. The molecule has 2 atom stereocenters. The van der Waals surface area contributed by atoms with Crippen molar-refractivity contribution in [3.63, 3.8) is 0 Å². The molecule has 1 amide bonds. The van der Waals surface area contributed by atoms with Gasteiger partial charge in [-0.25, -0.2) is 4.79 Å². The summed E-state index contributed by atoms with van der Waals surface area (Å²) in [6.45, 7) is 5.61. The second-order valence-corrected chi connectivity index (χ2v) is 5.56. The smallest absolute Gasteiger partial charge is 0.410 e. The Morgan fingerprint density at radius 3 is 2.27 bits per heavy atom. The van der Waals surface area contributed by atoms with E-state index in [9.17, 15) is 9.90 Å². The molecule has 15 heavy (non-hydrogen) atoms. The van der Waals surface area contributed by atoms with Crippen LogP contribution in [0.25, 0.3) is 0 Å². The quantitative estimate of drug-likeness (QED) is 0.663. The number of rotatable bonds is 0. The highest BCUT2D eigenvalue weighted by molar-refractivity contribution is 5.70. The molecule has 2 unspecified atom stereocenters. The van der Waals surface area contributed by atoms with Gasteiger partial charge < -0.3 is 14.7 Å². The number of carbonyl (C=O) groups is 1. The van der Waals surface area contributed by atoms with Crippen molar-refractivity contribution >= 4 is 6.09 Å². The van der Waals surface area contributed by atoms with Crippen molar-refractivity contribution in [2.45, 2.75) is 63.8 Å². The predicted octanol–water partition coefficient (Wildman–Crippen LogP) is 1.52. The number of ether oxygens (including phenoxy) is 1. The molecule has 2 aliphatic heterocycles. The van der Waals surface area contributed by atoms with Crippen molar-refractivity contribution in [3.8, 4) is 0 Å². The van der Waals surface area contributed by atoms with E-state index in [0.717, 1.165) is 6.42 Å². The van der Waals surface area contributed by atoms with E-state index in [0.29, 0.717) is 12.8 Å². The van der Waals surface area contributed by atoms with Crippen molar-refractivity contribution in [2.24, 2.45) is 0 Å². The summed E-state index contributed by atoms with van der Waals surface area (Å²) >= 11 is 0. The van der Waals surface area contributed by atoms with Gasteiger partial charge in [0.05, 0.1) is 6.10 Å². The fourth-order valence-corrected chi connectivity index (χ4v) is 2.46. The molecule has 0 aromatic heterocycles. The lowest BCUT2D eigenvalue weighted by Gasteiger charge is -2.53. The van der Waals surface area contributed by atoms with Crippen LogP contribution in [0.2, 0.25) is 0 Å². The minimum atomic E-state index is -0.431. The molecule has 0 spiro atoms. The minimum Gasteiger partial charge on any atom is -0.444 e. The Hall–Kier alpha value is -0.770. The van der Waals surface area contributed by atoms with Crippen molar-refractivity contribution in [2.75, 3.05) is 0 Å². The first kappa shape index (κ1) is 10.7. The number of aliphatic hydroxyl groups excluding tert-OH is 1. The Labute approximate surface area is 90.2 Å². The lowest BCUT2D eigenvalue weighted by molar-refractivity contribution is -0.0845. The number of piperidine rings is 1. The highest BCUT2D eigenvalue weighted by atomic mass is 16.6. The third-order valence-electron chi connectivity index (χ3n) is 3.02. The predicted molar refractivity (Wildman–Crippen MR) is 55.5 cm³/mol. The summed E-state index contributed by atoms with van der Waals surface area (Å²) in [5.41, 5.74) is -0.431. The topological polar surface area (TPSA) is 49.8 Å². The van der Waals surface area contributed by atoms with Crippen LogP contribution in [0.1, 0.15) is 40.0 Å². The standard InChI is InChI=1S/C11H19NO3/c1-11(2,3)15-10(14)12-7-4-8(12)6-9(13)5-7/h7-9,13H,4-6H2,1-3H3. The third-order valence-corrected chi connectivity index (χ3v) is 3.02. The number of hydrogen-bond acceptors (Lipinski definition) is 3. The van der Waals surface area contributed by atoms with Gasteiger partial charge in [-0.15, -0.1) is 0 Å². The minimum absolute atomic E-state index is 0.202. The Balaban J connectivity index is 1.94. The van der Waals surface area contributed by atoms with Crippen LogP contribution in [-0.2, 0) is 4.74 Å². The maximum absolute atomic E-state index is 11.8. The maximum atomic E-state index is 11.8. The summed E-state index contributed by atoms with van der Waals surface area (Å²) in [5, 5.41) is 9.46. The van der Waals surface area contributed by atoms with Crippen molar-refractivity contribution in [1.29, 1.82) is 0 Å². The lowest BCUT2D eigenvalue weighted by Crippen LogP contribution is -2.64. The summed E-state index contributed by atoms with van der Waals surface area (Å²) in [5.74, 6) is 0. The molecule has 3 rings (SSSR count). The molecule has 4 nitrogen and oxygen atoms in total. The van der Waals surface area contributed by atoms with Gasteiger partial charge >= 0.3 is 6.09 Å². The van der Waals surface area contributed by atoms with E-state index in [1.807, 2.05) is 20.8 Å². The molecule has 0 aromatic carbocycles. The molecule has 3 fully saturated rings. The number of hydrogen-bond donors (Lipinski definition) is 1. The van der Waals surface area contributed by atoms with E-state index in [4.69, 9.17) is 4.74 Å². The molecule has 4 heteroatoms. The zero-order valence-electron chi connectivity index (χ0n) is 9.56. The van der Waals surface area contributed by atoms with E-state index in [2.05, 4.69) is 0 Å². The first-order valence-corrected chi connectivity index (χ1v) is 5.56. The van der Waals surface area contributed by atoms with E-state index >= 15 is 0 Å². The first-order chi connectivity index (χ1) is 6.87. The Morgan fingerprint density at radius 1 is 1.27 bits per heavy atom. The van der Waals surface area contributed by atoms with Crippen molar-refractivity contribution in [3.05, 3.63) is 0 Å². The maximum Gasteiger partial charge on any atom is 0.410 e. The Morgan fingerprint density at radius 2 is 1.80 bits per heavy atom. The Bertz CT molecular complexity index is 259. The fourth-order valence-electron chi connectivity index (χ4n) is 2.46. The average molecular weight is 213 g/mol. The van der Waals surface area contributed by atoms with Crippen LogP contribution in [0.3, 0.4) is 0 Å². The number of aliphatic hydroxyl groups is 1. The zero-order chi connectivity index (χ0) is 11.2. The van der Waals surface area contributed by atoms with Crippen LogP contribution in [0.4, 0.5) is 4.79 Å². The van der Waals surface area contributed by atoms with Crippen LogP contribution in [0, 0.1) is 0 Å². The molecule has 2 heterocycles. The first-order valence-electron chi connectivity index (χ1n) is 5.56. The van der Waals surface area contributed by atoms with Crippen molar-refractivity contribution < 1.29 is 14.6 Å². The molecule has 3 aliphatic rings. The van der Waals surface area contributed by atoms with Gasteiger partial charge in [0.15, 0.2) is 0 Å². The van der Waals surface area contributed by atoms with E-state index < -0.39 is 5.60 Å². The van der Waals surface area contributed by atoms with Gasteiger partial charge in [0.2, 0.25) is 0 Å². The molecular weight excluding hydrogens is 194 g/mol. The molecule has 1 saturated carbocycles. The largest absolute Gasteiger partial charge is 0.444 e. The Kier molecular flexibility index (Phi) is 2.41. The van der Waals surface area contributed by atoms with Gasteiger partial charge in [-0.05, 0) is 40.0 Å². The molecule has 1 N–H and O–H groups in total. The van der Waals surface area contributed by atoms with Crippen LogP contribution >= 0.6 is 0 Å². The van der Waals surface area contributed by atoms with E-state index in [1.165, 1.54) is 0 Å². The highest BCUT2D eigenvalue weighted by Gasteiger charge is 2.48. The summed E-state index contributed by atoms with van der Waals surface area (Å²) in [7, 11) is 0. The third kappa shape index (κ3) is 2.09. The normalized spacial score (nSPS) is 34.7. The van der Waals surface area contributed by atoms with Gasteiger partial charge in [-0.2, -0.15) is 0 Å². The number of amides is 1.